The van der Waals surface area contributed by atoms with E-state index in [1.54, 1.807) is 4.90 Å². The summed E-state index contributed by atoms with van der Waals surface area (Å²) in [4.78, 5) is 13.8. The minimum atomic E-state index is -4.36. The molecule has 0 bridgehead atoms. The molecule has 0 aliphatic carbocycles. The van der Waals surface area contributed by atoms with E-state index in [0.29, 0.717) is 30.6 Å². The summed E-state index contributed by atoms with van der Waals surface area (Å²) in [5.41, 5.74) is -0.342. The van der Waals surface area contributed by atoms with E-state index < -0.39 is 11.7 Å². The van der Waals surface area contributed by atoms with Crippen LogP contribution < -0.4 is 10.6 Å². The maximum atomic E-state index is 12.5. The Kier molecular flexibility index (Phi) is 3.52. The fourth-order valence-electron chi connectivity index (χ4n) is 2.97. The second-order valence-electron chi connectivity index (χ2n) is 5.59. The largest absolute Gasteiger partial charge is 0.416 e. The number of anilines is 1. The van der Waals surface area contributed by atoms with Gasteiger partial charge in [-0.2, -0.15) is 13.2 Å². The van der Waals surface area contributed by atoms with Crippen molar-refractivity contribution in [2.24, 2.45) is 11.8 Å². The molecule has 114 valence electrons. The zero-order chi connectivity index (χ0) is 15.0. The Morgan fingerprint density at radius 2 is 1.71 bits per heavy atom. The number of carbonyl (C=O) groups excluding carboxylic acids is 1. The van der Waals surface area contributed by atoms with Crippen LogP contribution in [0, 0.1) is 11.8 Å². The normalized spacial score (nSPS) is 25.0. The first-order valence-corrected chi connectivity index (χ1v) is 6.87. The summed E-state index contributed by atoms with van der Waals surface area (Å²) >= 11 is 0. The van der Waals surface area contributed by atoms with E-state index in [1.165, 1.54) is 12.1 Å². The molecule has 4 nitrogen and oxygen atoms in total. The maximum absolute atomic E-state index is 12.5. The van der Waals surface area contributed by atoms with Crippen molar-refractivity contribution in [1.82, 2.24) is 10.2 Å². The maximum Gasteiger partial charge on any atom is 0.416 e. The summed E-state index contributed by atoms with van der Waals surface area (Å²) in [7, 11) is 0. The lowest BCUT2D eigenvalue weighted by Crippen LogP contribution is -2.35. The Morgan fingerprint density at radius 1 is 1.14 bits per heavy atom. The van der Waals surface area contributed by atoms with Gasteiger partial charge in [-0.05, 0) is 36.1 Å². The topological polar surface area (TPSA) is 44.4 Å². The molecule has 0 aromatic heterocycles. The standard InChI is InChI=1S/C14H16F3N3O/c15-14(16,17)11-1-3-12(4-2-11)19-13(21)20-7-9-5-18-6-10(9)8-20/h1-4,9-10,18H,5-8H2,(H,19,21)/t9-,10+. The number of nitrogens with zero attached hydrogens (tertiary/aromatic N) is 1. The highest BCUT2D eigenvalue weighted by molar-refractivity contribution is 5.89. The Bertz CT molecular complexity index is 517. The van der Waals surface area contributed by atoms with Gasteiger partial charge in [0.15, 0.2) is 0 Å². The lowest BCUT2D eigenvalue weighted by molar-refractivity contribution is -0.137. The lowest BCUT2D eigenvalue weighted by Gasteiger charge is -2.18. The third-order valence-corrected chi connectivity index (χ3v) is 4.14. The molecular formula is C14H16F3N3O. The van der Waals surface area contributed by atoms with E-state index in [4.69, 9.17) is 0 Å². The van der Waals surface area contributed by atoms with Gasteiger partial charge < -0.3 is 15.5 Å². The van der Waals surface area contributed by atoms with Crippen LogP contribution in [0.1, 0.15) is 5.56 Å². The highest BCUT2D eigenvalue weighted by atomic mass is 19.4. The number of benzene rings is 1. The highest BCUT2D eigenvalue weighted by Gasteiger charge is 2.38. The van der Waals surface area contributed by atoms with E-state index in [0.717, 1.165) is 25.2 Å². The van der Waals surface area contributed by atoms with Crippen LogP contribution in [0.4, 0.5) is 23.7 Å². The van der Waals surface area contributed by atoms with Crippen LogP contribution in [0.5, 0.6) is 0 Å². The van der Waals surface area contributed by atoms with Crippen molar-refractivity contribution in [3.05, 3.63) is 29.8 Å². The summed E-state index contributed by atoms with van der Waals surface area (Å²) in [6.07, 6.45) is -4.36. The zero-order valence-electron chi connectivity index (χ0n) is 11.3. The molecule has 2 aliphatic rings. The molecule has 2 N–H and O–H groups in total. The first-order chi connectivity index (χ1) is 9.93. The van der Waals surface area contributed by atoms with Crippen molar-refractivity contribution in [3.8, 4) is 0 Å². The fourth-order valence-corrected chi connectivity index (χ4v) is 2.97. The minimum Gasteiger partial charge on any atom is -0.324 e. The van der Waals surface area contributed by atoms with Crippen molar-refractivity contribution in [3.63, 3.8) is 0 Å². The van der Waals surface area contributed by atoms with E-state index in [1.807, 2.05) is 0 Å². The summed E-state index contributed by atoms with van der Waals surface area (Å²) in [6, 6.07) is 4.25. The smallest absolute Gasteiger partial charge is 0.324 e. The van der Waals surface area contributed by atoms with Crippen LogP contribution in [-0.4, -0.2) is 37.1 Å². The number of rotatable bonds is 1. The van der Waals surface area contributed by atoms with Gasteiger partial charge in [0.05, 0.1) is 5.56 Å². The monoisotopic (exact) mass is 299 g/mol. The molecule has 0 unspecified atom stereocenters. The number of fused-ring (bicyclic) bond motifs is 1. The summed E-state index contributed by atoms with van der Waals surface area (Å²) in [5.74, 6) is 0.978. The van der Waals surface area contributed by atoms with E-state index in [2.05, 4.69) is 10.6 Å². The molecule has 2 fully saturated rings. The third-order valence-electron chi connectivity index (χ3n) is 4.14. The molecule has 21 heavy (non-hydrogen) atoms. The number of alkyl halides is 3. The summed E-state index contributed by atoms with van der Waals surface area (Å²) < 4.78 is 37.4. The molecule has 2 saturated heterocycles. The molecule has 0 radical (unpaired) electrons. The molecule has 1 aromatic rings. The molecule has 2 heterocycles. The van der Waals surface area contributed by atoms with Gasteiger partial charge in [0, 0.05) is 31.9 Å². The molecule has 0 spiro atoms. The molecule has 2 atom stereocenters. The molecule has 1 aromatic carbocycles. The van der Waals surface area contributed by atoms with Crippen LogP contribution in [0.2, 0.25) is 0 Å². The molecule has 2 amide bonds. The van der Waals surface area contributed by atoms with Gasteiger partial charge in [0.2, 0.25) is 0 Å². The van der Waals surface area contributed by atoms with E-state index >= 15 is 0 Å². The number of hydrogen-bond acceptors (Lipinski definition) is 2. The van der Waals surface area contributed by atoms with Crippen molar-refractivity contribution in [2.75, 3.05) is 31.5 Å². The van der Waals surface area contributed by atoms with E-state index in [-0.39, 0.29) is 6.03 Å². The Balaban J connectivity index is 1.60. The number of carbonyl (C=O) groups is 1. The number of likely N-dealkylation sites (tertiary alicyclic amines) is 1. The molecular weight excluding hydrogens is 283 g/mol. The van der Waals surface area contributed by atoms with Crippen LogP contribution in [-0.2, 0) is 6.18 Å². The van der Waals surface area contributed by atoms with Gasteiger partial charge in [0.1, 0.15) is 0 Å². The lowest BCUT2D eigenvalue weighted by atomic mass is 10.0. The zero-order valence-corrected chi connectivity index (χ0v) is 11.3. The van der Waals surface area contributed by atoms with Crippen LogP contribution in [0.25, 0.3) is 0 Å². The Labute approximate surface area is 120 Å². The van der Waals surface area contributed by atoms with Gasteiger partial charge in [-0.1, -0.05) is 0 Å². The van der Waals surface area contributed by atoms with Crippen LogP contribution in [0.3, 0.4) is 0 Å². The van der Waals surface area contributed by atoms with Gasteiger partial charge in [-0.15, -0.1) is 0 Å². The SMILES string of the molecule is O=C(Nc1ccc(C(F)(F)F)cc1)N1C[C@H]2CNC[C@H]2C1. The minimum absolute atomic E-state index is 0.246. The first-order valence-electron chi connectivity index (χ1n) is 6.87. The van der Waals surface area contributed by atoms with Crippen LogP contribution >= 0.6 is 0 Å². The highest BCUT2D eigenvalue weighted by Crippen LogP contribution is 2.30. The molecule has 0 saturated carbocycles. The average molecular weight is 299 g/mol. The average Bonchev–Trinajstić information content (AvgIpc) is 2.98. The predicted octanol–water partition coefficient (Wildman–Crippen LogP) is 2.39. The number of nitrogens with one attached hydrogen (secondary N) is 2. The van der Waals surface area contributed by atoms with Gasteiger partial charge >= 0.3 is 12.2 Å². The number of halogens is 3. The Morgan fingerprint density at radius 3 is 2.24 bits per heavy atom. The fraction of sp³-hybridized carbons (Fsp3) is 0.500. The van der Waals surface area contributed by atoms with Gasteiger partial charge in [0.25, 0.3) is 0 Å². The quantitative estimate of drug-likeness (QED) is 0.836. The predicted molar refractivity (Wildman–Crippen MR) is 71.9 cm³/mol. The van der Waals surface area contributed by atoms with Crippen molar-refractivity contribution < 1.29 is 18.0 Å². The summed E-state index contributed by atoms with van der Waals surface area (Å²) in [5, 5.41) is 5.94. The summed E-state index contributed by atoms with van der Waals surface area (Å²) in [6.45, 7) is 3.25. The molecule has 7 heteroatoms. The third kappa shape index (κ3) is 2.97. The van der Waals surface area contributed by atoms with Crippen molar-refractivity contribution in [1.29, 1.82) is 0 Å². The van der Waals surface area contributed by atoms with Crippen molar-refractivity contribution in [2.45, 2.75) is 6.18 Å². The molecule has 3 rings (SSSR count). The van der Waals surface area contributed by atoms with Gasteiger partial charge in [-0.25, -0.2) is 4.79 Å². The number of amides is 2. The van der Waals surface area contributed by atoms with Gasteiger partial charge in [-0.3, -0.25) is 0 Å². The molecule has 2 aliphatic heterocycles. The number of hydrogen-bond donors (Lipinski definition) is 2. The number of urea groups is 1. The second kappa shape index (κ2) is 5.22. The van der Waals surface area contributed by atoms with Crippen LogP contribution in [0.15, 0.2) is 24.3 Å². The van der Waals surface area contributed by atoms with E-state index in [9.17, 15) is 18.0 Å². The second-order valence-corrected chi connectivity index (χ2v) is 5.59. The Hall–Kier alpha value is -1.76. The van der Waals surface area contributed by atoms with Crippen molar-refractivity contribution >= 4 is 11.7 Å². The first kappa shape index (κ1) is 14.2.